The summed E-state index contributed by atoms with van der Waals surface area (Å²) in [6.45, 7) is 7.10. The number of nitrogens with one attached hydrogen (secondary N) is 1. The van der Waals surface area contributed by atoms with Crippen LogP contribution in [0.15, 0.2) is 79.0 Å². The molecule has 1 aromatic heterocycles. The molecule has 0 aliphatic heterocycles. The van der Waals surface area contributed by atoms with Gasteiger partial charge >= 0.3 is 18.2 Å². The molecule has 8 heteroatoms. The van der Waals surface area contributed by atoms with Crippen molar-refractivity contribution in [3.8, 4) is 11.1 Å². The molecule has 0 fully saturated rings. The van der Waals surface area contributed by atoms with Crippen molar-refractivity contribution in [2.75, 3.05) is 6.61 Å². The van der Waals surface area contributed by atoms with E-state index in [-0.39, 0.29) is 12.5 Å². The van der Waals surface area contributed by atoms with Gasteiger partial charge in [0.25, 0.3) is 0 Å². The topological polar surface area (TPSA) is 107 Å². The van der Waals surface area contributed by atoms with E-state index < -0.39 is 35.7 Å². The number of carboxylic acid groups (broad SMARTS) is 1. The quantitative estimate of drug-likeness (QED) is 0.288. The highest BCUT2D eigenvalue weighted by molar-refractivity contribution is 5.93. The monoisotopic (exact) mass is 540 g/mol. The number of fused-ring (bicyclic) bond motifs is 4. The van der Waals surface area contributed by atoms with Crippen molar-refractivity contribution in [3.63, 3.8) is 0 Å². The lowest BCUT2D eigenvalue weighted by atomic mass is 9.93. The molecule has 4 aromatic rings. The summed E-state index contributed by atoms with van der Waals surface area (Å²) in [6.07, 6.45) is 0.189. The zero-order valence-electron chi connectivity index (χ0n) is 22.9. The van der Waals surface area contributed by atoms with Crippen molar-refractivity contribution in [2.24, 2.45) is 0 Å². The number of carboxylic acids is 1. The number of rotatable bonds is 6. The summed E-state index contributed by atoms with van der Waals surface area (Å²) >= 11 is 0. The zero-order chi connectivity index (χ0) is 28.6. The normalized spacial score (nSPS) is 14.2. The third kappa shape index (κ3) is 5.17. The molecule has 1 aliphatic carbocycles. The fraction of sp³-hybridized carbons (Fsp3) is 0.281. The van der Waals surface area contributed by atoms with Gasteiger partial charge in [0.2, 0.25) is 0 Å². The molecule has 206 valence electrons. The molecule has 1 heterocycles. The highest BCUT2D eigenvalue weighted by Crippen LogP contribution is 2.44. The van der Waals surface area contributed by atoms with Gasteiger partial charge in [-0.1, -0.05) is 73.7 Å². The molecule has 5 rings (SSSR count). The molecule has 3 aromatic carbocycles. The number of hydrogen-bond donors (Lipinski definition) is 2. The molecule has 1 aliphatic rings. The summed E-state index contributed by atoms with van der Waals surface area (Å²) in [5.74, 6) is -2.05. The summed E-state index contributed by atoms with van der Waals surface area (Å²) in [7, 11) is 0. The van der Waals surface area contributed by atoms with E-state index in [0.29, 0.717) is 16.5 Å². The number of benzene rings is 3. The van der Waals surface area contributed by atoms with Crippen LogP contribution in [0.25, 0.3) is 22.0 Å². The van der Waals surface area contributed by atoms with E-state index in [1.54, 1.807) is 46.0 Å². The number of ether oxygens (including phenoxy) is 2. The van der Waals surface area contributed by atoms with Crippen molar-refractivity contribution in [1.29, 1.82) is 0 Å². The van der Waals surface area contributed by atoms with Gasteiger partial charge in [-0.25, -0.2) is 14.4 Å². The minimum Gasteiger partial charge on any atom is -0.480 e. The molecule has 0 unspecified atom stereocenters. The second kappa shape index (κ2) is 10.5. The molecule has 2 atom stereocenters. The van der Waals surface area contributed by atoms with Crippen LogP contribution in [0.3, 0.4) is 0 Å². The third-order valence-electron chi connectivity index (χ3n) is 7.21. The molecule has 2 N–H and O–H groups in total. The van der Waals surface area contributed by atoms with Crippen molar-refractivity contribution in [3.05, 3.63) is 95.7 Å². The minimum atomic E-state index is -1.30. The van der Waals surface area contributed by atoms with E-state index in [9.17, 15) is 19.5 Å². The number of carbonyl (C=O) groups is 3. The molecule has 0 saturated heterocycles. The number of carbonyl (C=O) groups excluding carboxylic acids is 2. The molecule has 0 spiro atoms. The number of hydrogen-bond acceptors (Lipinski definition) is 5. The number of alkyl carbamates (subject to hydrolysis) is 1. The fourth-order valence-electron chi connectivity index (χ4n) is 5.38. The van der Waals surface area contributed by atoms with Crippen LogP contribution in [0.4, 0.5) is 9.59 Å². The first-order valence-corrected chi connectivity index (χ1v) is 13.2. The fourth-order valence-corrected chi connectivity index (χ4v) is 5.38. The first kappa shape index (κ1) is 27.0. The molecular formula is C32H32N2O6. The van der Waals surface area contributed by atoms with E-state index in [2.05, 4.69) is 5.32 Å². The van der Waals surface area contributed by atoms with Crippen LogP contribution < -0.4 is 5.32 Å². The number of para-hydroxylation sites is 1. The Morgan fingerprint density at radius 3 is 2.10 bits per heavy atom. The summed E-state index contributed by atoms with van der Waals surface area (Å²) in [4.78, 5) is 38.2. The van der Waals surface area contributed by atoms with Gasteiger partial charge in [0.05, 0.1) is 5.52 Å². The van der Waals surface area contributed by atoms with Crippen LogP contribution in [0.1, 0.15) is 56.2 Å². The molecule has 0 bridgehead atoms. The Morgan fingerprint density at radius 1 is 0.925 bits per heavy atom. The number of aliphatic carboxylic acids is 1. The predicted octanol–water partition coefficient (Wildman–Crippen LogP) is 6.52. The predicted molar refractivity (Wildman–Crippen MR) is 152 cm³/mol. The maximum atomic E-state index is 12.9. The second-order valence-corrected chi connectivity index (χ2v) is 11.0. The van der Waals surface area contributed by atoms with E-state index >= 15 is 0 Å². The molecule has 0 saturated carbocycles. The van der Waals surface area contributed by atoms with Crippen molar-refractivity contribution in [2.45, 2.75) is 51.2 Å². The first-order valence-electron chi connectivity index (χ1n) is 13.2. The summed E-state index contributed by atoms with van der Waals surface area (Å²) in [5.41, 5.74) is 4.81. The van der Waals surface area contributed by atoms with Crippen LogP contribution in [-0.2, 0) is 14.3 Å². The Balaban J connectivity index is 1.35. The maximum Gasteiger partial charge on any atom is 0.419 e. The lowest BCUT2D eigenvalue weighted by Crippen LogP contribution is -2.44. The third-order valence-corrected chi connectivity index (χ3v) is 7.21. The zero-order valence-corrected chi connectivity index (χ0v) is 22.9. The smallest absolute Gasteiger partial charge is 0.419 e. The van der Waals surface area contributed by atoms with Crippen LogP contribution in [0.2, 0.25) is 0 Å². The van der Waals surface area contributed by atoms with Gasteiger partial charge in [-0.15, -0.1) is 0 Å². The molecule has 1 amide bonds. The second-order valence-electron chi connectivity index (χ2n) is 11.0. The Labute approximate surface area is 232 Å². The van der Waals surface area contributed by atoms with Crippen LogP contribution >= 0.6 is 0 Å². The highest BCUT2D eigenvalue weighted by atomic mass is 16.6. The lowest BCUT2D eigenvalue weighted by Gasteiger charge is -2.22. The van der Waals surface area contributed by atoms with Gasteiger partial charge < -0.3 is 19.9 Å². The minimum absolute atomic E-state index is 0.0680. The Morgan fingerprint density at radius 2 is 1.50 bits per heavy atom. The number of amides is 1. The largest absolute Gasteiger partial charge is 0.480 e. The van der Waals surface area contributed by atoms with Crippen molar-refractivity contribution >= 4 is 29.1 Å². The summed E-state index contributed by atoms with van der Waals surface area (Å²) in [5, 5.41) is 13.3. The molecule has 8 nitrogen and oxygen atoms in total. The Kier molecular flexibility index (Phi) is 7.10. The van der Waals surface area contributed by atoms with Crippen LogP contribution in [0, 0.1) is 0 Å². The van der Waals surface area contributed by atoms with Gasteiger partial charge in [0, 0.05) is 23.4 Å². The number of aromatic nitrogens is 1. The SMILES string of the molecule is C[C@@H](c1cn(C(=O)OC(C)(C)C)c2ccccc12)[C@H](NC(=O)OCC1c2ccccc2-c2ccccc21)C(=O)O. The van der Waals surface area contributed by atoms with Crippen LogP contribution in [0.5, 0.6) is 0 Å². The summed E-state index contributed by atoms with van der Waals surface area (Å²) < 4.78 is 12.5. The molecule has 0 radical (unpaired) electrons. The van der Waals surface area contributed by atoms with E-state index in [1.807, 2.05) is 60.7 Å². The van der Waals surface area contributed by atoms with Crippen LogP contribution in [-0.4, -0.2) is 46.1 Å². The van der Waals surface area contributed by atoms with Gasteiger partial charge in [-0.3, -0.25) is 4.57 Å². The molecular weight excluding hydrogens is 508 g/mol. The van der Waals surface area contributed by atoms with Gasteiger partial charge in [-0.05, 0) is 54.7 Å². The van der Waals surface area contributed by atoms with Gasteiger partial charge in [0.15, 0.2) is 0 Å². The standard InChI is InChI=1S/C32H32N2O6/c1-19(25-17-34(31(38)40-32(2,3)4)27-16-10-9-15-24(25)27)28(29(35)36)33-30(37)39-18-26-22-13-7-5-11-20(22)21-12-6-8-14-23(21)26/h5-17,19,26,28H,18H2,1-4H3,(H,33,37)(H,35,36)/t19-,28-/m0/s1. The van der Waals surface area contributed by atoms with E-state index in [0.717, 1.165) is 22.3 Å². The van der Waals surface area contributed by atoms with E-state index in [4.69, 9.17) is 9.47 Å². The van der Waals surface area contributed by atoms with Gasteiger partial charge in [0.1, 0.15) is 18.2 Å². The lowest BCUT2D eigenvalue weighted by molar-refractivity contribution is -0.139. The molecule has 40 heavy (non-hydrogen) atoms. The number of nitrogens with zero attached hydrogens (tertiary/aromatic N) is 1. The Bertz CT molecular complexity index is 1550. The van der Waals surface area contributed by atoms with Gasteiger partial charge in [-0.2, -0.15) is 0 Å². The Hall–Kier alpha value is -4.59. The van der Waals surface area contributed by atoms with E-state index in [1.165, 1.54) is 4.57 Å². The average Bonchev–Trinajstić information content (AvgIpc) is 3.46. The summed E-state index contributed by atoms with van der Waals surface area (Å²) in [6, 6.07) is 21.9. The maximum absolute atomic E-state index is 12.9. The highest BCUT2D eigenvalue weighted by Gasteiger charge is 2.33. The average molecular weight is 541 g/mol. The van der Waals surface area contributed by atoms with Crippen molar-refractivity contribution in [1.82, 2.24) is 9.88 Å². The first-order chi connectivity index (χ1) is 19.0. The van der Waals surface area contributed by atoms with Crippen molar-refractivity contribution < 1.29 is 29.0 Å².